The summed E-state index contributed by atoms with van der Waals surface area (Å²) in [5.41, 5.74) is 1.89. The van der Waals surface area contributed by atoms with Gasteiger partial charge in [0.05, 0.1) is 14.2 Å². The van der Waals surface area contributed by atoms with Crippen LogP contribution >= 0.6 is 0 Å². The van der Waals surface area contributed by atoms with Gasteiger partial charge in [0.2, 0.25) is 0 Å². The number of phenols is 1. The summed E-state index contributed by atoms with van der Waals surface area (Å²) in [6, 6.07) is 2.78. The fourth-order valence-corrected chi connectivity index (χ4v) is 1.16. The maximum atomic E-state index is 11.3. The Labute approximate surface area is 86.6 Å². The van der Waals surface area contributed by atoms with Crippen molar-refractivity contribution in [3.63, 3.8) is 0 Å². The number of hydrogen-bond acceptors (Lipinski definition) is 5. The summed E-state index contributed by atoms with van der Waals surface area (Å²) in [5, 5.41) is 9.56. The number of benzene rings is 1. The van der Waals surface area contributed by atoms with E-state index >= 15 is 0 Å². The number of hydrazine groups is 1. The van der Waals surface area contributed by atoms with Gasteiger partial charge in [-0.05, 0) is 0 Å². The Morgan fingerprint density at radius 2 is 2.07 bits per heavy atom. The highest BCUT2D eigenvalue weighted by atomic mass is 16.5. The molecule has 6 heteroatoms. The minimum Gasteiger partial charge on any atom is -0.507 e. The zero-order valence-corrected chi connectivity index (χ0v) is 8.40. The number of rotatable bonds is 3. The third kappa shape index (κ3) is 2.10. The molecule has 0 spiro atoms. The molecule has 0 aliphatic carbocycles. The Morgan fingerprint density at radius 3 is 2.53 bits per heavy atom. The van der Waals surface area contributed by atoms with Crippen LogP contribution in [0.4, 0.5) is 0 Å². The van der Waals surface area contributed by atoms with Gasteiger partial charge in [-0.3, -0.25) is 10.2 Å². The molecule has 0 saturated carbocycles. The fourth-order valence-electron chi connectivity index (χ4n) is 1.16. The number of nitrogens with one attached hydrogen (secondary N) is 1. The Kier molecular flexibility index (Phi) is 3.35. The molecule has 1 amide bonds. The van der Waals surface area contributed by atoms with Crippen LogP contribution in [0.25, 0.3) is 0 Å². The third-order valence-electron chi connectivity index (χ3n) is 1.87. The second-order valence-corrected chi connectivity index (χ2v) is 2.70. The zero-order chi connectivity index (χ0) is 11.4. The zero-order valence-electron chi connectivity index (χ0n) is 8.40. The first-order valence-electron chi connectivity index (χ1n) is 4.10. The van der Waals surface area contributed by atoms with Crippen LogP contribution in [0.2, 0.25) is 0 Å². The van der Waals surface area contributed by atoms with Crippen LogP contribution in [0.5, 0.6) is 17.2 Å². The number of amides is 1. The van der Waals surface area contributed by atoms with Crippen LogP contribution in [0.1, 0.15) is 10.4 Å². The van der Waals surface area contributed by atoms with E-state index in [1.165, 1.54) is 26.4 Å². The van der Waals surface area contributed by atoms with Crippen molar-refractivity contribution in [2.45, 2.75) is 0 Å². The number of carbonyl (C=O) groups is 1. The standard InChI is InChI=1S/C9H12N2O4/c1-14-5-3-6(12)8(9(13)11-10)7(4-5)15-2/h3-4,12H,10H2,1-2H3,(H,11,13). The summed E-state index contributed by atoms with van der Waals surface area (Å²) >= 11 is 0. The number of ether oxygens (including phenoxy) is 2. The molecule has 4 N–H and O–H groups in total. The molecule has 0 heterocycles. The number of nitrogen functional groups attached to an aromatic ring is 1. The van der Waals surface area contributed by atoms with Gasteiger partial charge < -0.3 is 14.6 Å². The van der Waals surface area contributed by atoms with E-state index in [1.54, 1.807) is 0 Å². The van der Waals surface area contributed by atoms with E-state index in [1.807, 2.05) is 5.43 Å². The predicted molar refractivity (Wildman–Crippen MR) is 52.9 cm³/mol. The molecule has 0 unspecified atom stereocenters. The van der Waals surface area contributed by atoms with E-state index in [4.69, 9.17) is 15.3 Å². The van der Waals surface area contributed by atoms with E-state index < -0.39 is 5.91 Å². The van der Waals surface area contributed by atoms with E-state index in [2.05, 4.69) is 0 Å². The third-order valence-corrected chi connectivity index (χ3v) is 1.87. The van der Waals surface area contributed by atoms with Crippen LogP contribution < -0.4 is 20.7 Å². The molecule has 0 saturated heterocycles. The summed E-state index contributed by atoms with van der Waals surface area (Å²) in [4.78, 5) is 11.3. The number of aromatic hydroxyl groups is 1. The van der Waals surface area contributed by atoms with Gasteiger partial charge in [-0.1, -0.05) is 0 Å². The van der Waals surface area contributed by atoms with Gasteiger partial charge in [0.1, 0.15) is 22.8 Å². The first kappa shape index (κ1) is 11.1. The minimum atomic E-state index is -0.632. The average Bonchev–Trinajstić information content (AvgIpc) is 2.26. The number of carbonyl (C=O) groups excluding carboxylic acids is 1. The van der Waals surface area contributed by atoms with Gasteiger partial charge in [0, 0.05) is 12.1 Å². The smallest absolute Gasteiger partial charge is 0.272 e. The molecule has 1 rings (SSSR count). The van der Waals surface area contributed by atoms with E-state index in [9.17, 15) is 9.90 Å². The molecule has 0 fully saturated rings. The van der Waals surface area contributed by atoms with E-state index in [0.29, 0.717) is 5.75 Å². The molecule has 1 aromatic carbocycles. The monoisotopic (exact) mass is 212 g/mol. The number of nitrogens with two attached hydrogens (primary N) is 1. The lowest BCUT2D eigenvalue weighted by Gasteiger charge is -2.10. The second-order valence-electron chi connectivity index (χ2n) is 2.70. The van der Waals surface area contributed by atoms with Crippen molar-refractivity contribution in [3.05, 3.63) is 17.7 Å². The lowest BCUT2D eigenvalue weighted by Crippen LogP contribution is -2.30. The van der Waals surface area contributed by atoms with Crippen LogP contribution in [-0.2, 0) is 0 Å². The predicted octanol–water partition coefficient (Wildman–Crippen LogP) is 0.0129. The molecule has 0 radical (unpaired) electrons. The van der Waals surface area contributed by atoms with E-state index in [-0.39, 0.29) is 17.1 Å². The summed E-state index contributed by atoms with van der Waals surface area (Å²) in [7, 11) is 2.82. The average molecular weight is 212 g/mol. The van der Waals surface area contributed by atoms with Gasteiger partial charge in [0.25, 0.3) is 5.91 Å². The molecule has 82 valence electrons. The van der Waals surface area contributed by atoms with Gasteiger partial charge in [-0.15, -0.1) is 0 Å². The highest BCUT2D eigenvalue weighted by Gasteiger charge is 2.18. The summed E-state index contributed by atoms with van der Waals surface area (Å²) < 4.78 is 9.84. The van der Waals surface area contributed by atoms with Crippen molar-refractivity contribution >= 4 is 5.91 Å². The van der Waals surface area contributed by atoms with Crippen LogP contribution in [0, 0.1) is 0 Å². The topological polar surface area (TPSA) is 93.8 Å². The molecule has 15 heavy (non-hydrogen) atoms. The SMILES string of the molecule is COc1cc(O)c(C(=O)NN)c(OC)c1. The van der Waals surface area contributed by atoms with Gasteiger partial charge >= 0.3 is 0 Å². The molecule has 0 aliphatic rings. The molecule has 6 nitrogen and oxygen atoms in total. The Hall–Kier alpha value is -1.95. The largest absolute Gasteiger partial charge is 0.507 e. The quantitative estimate of drug-likeness (QED) is 0.373. The lowest BCUT2D eigenvalue weighted by atomic mass is 10.1. The van der Waals surface area contributed by atoms with Crippen molar-refractivity contribution < 1.29 is 19.4 Å². The summed E-state index contributed by atoms with van der Waals surface area (Å²) in [6.07, 6.45) is 0. The molecular weight excluding hydrogens is 200 g/mol. The number of phenolic OH excluding ortho intramolecular Hbond substituents is 1. The summed E-state index contributed by atoms with van der Waals surface area (Å²) in [5.74, 6) is 4.66. The first-order chi connectivity index (χ1) is 7.13. The van der Waals surface area contributed by atoms with Crippen LogP contribution in [0.3, 0.4) is 0 Å². The molecular formula is C9H12N2O4. The van der Waals surface area contributed by atoms with Crippen molar-refractivity contribution in [3.8, 4) is 17.2 Å². The van der Waals surface area contributed by atoms with Crippen molar-refractivity contribution in [1.29, 1.82) is 0 Å². The van der Waals surface area contributed by atoms with Crippen molar-refractivity contribution in [2.24, 2.45) is 5.84 Å². The first-order valence-corrected chi connectivity index (χ1v) is 4.10. The molecule has 0 aromatic heterocycles. The Balaban J connectivity index is 3.30. The fraction of sp³-hybridized carbons (Fsp3) is 0.222. The van der Waals surface area contributed by atoms with Crippen LogP contribution in [-0.4, -0.2) is 25.2 Å². The van der Waals surface area contributed by atoms with Crippen molar-refractivity contribution in [1.82, 2.24) is 5.43 Å². The Morgan fingerprint density at radius 1 is 1.40 bits per heavy atom. The van der Waals surface area contributed by atoms with Gasteiger partial charge in [-0.2, -0.15) is 0 Å². The van der Waals surface area contributed by atoms with E-state index in [0.717, 1.165) is 0 Å². The van der Waals surface area contributed by atoms with Gasteiger partial charge in [0.15, 0.2) is 0 Å². The number of hydrogen-bond donors (Lipinski definition) is 3. The van der Waals surface area contributed by atoms with Crippen molar-refractivity contribution in [2.75, 3.05) is 14.2 Å². The second kappa shape index (κ2) is 4.52. The maximum absolute atomic E-state index is 11.3. The maximum Gasteiger partial charge on any atom is 0.272 e. The minimum absolute atomic E-state index is 0.0270. The lowest BCUT2D eigenvalue weighted by molar-refractivity contribution is 0.0947. The van der Waals surface area contributed by atoms with Gasteiger partial charge in [-0.25, -0.2) is 5.84 Å². The normalized spacial score (nSPS) is 9.53. The number of methoxy groups -OCH3 is 2. The highest BCUT2D eigenvalue weighted by Crippen LogP contribution is 2.32. The molecule has 0 aliphatic heterocycles. The Bertz CT molecular complexity index is 379. The summed E-state index contributed by atoms with van der Waals surface area (Å²) in [6.45, 7) is 0. The molecule has 1 aromatic rings. The molecule has 0 bridgehead atoms. The highest BCUT2D eigenvalue weighted by molar-refractivity contribution is 5.99. The van der Waals surface area contributed by atoms with Crippen LogP contribution in [0.15, 0.2) is 12.1 Å². The molecule has 0 atom stereocenters.